The molecule has 0 radical (unpaired) electrons. The largest absolute Gasteiger partial charge is 0.481 e. The lowest BCUT2D eigenvalue weighted by atomic mass is 9.85. The minimum Gasteiger partial charge on any atom is -0.481 e. The van der Waals surface area contributed by atoms with E-state index in [0.29, 0.717) is 37.4 Å². The Morgan fingerprint density at radius 3 is 2.54 bits per heavy atom. The van der Waals surface area contributed by atoms with Crippen LogP contribution in [0, 0.1) is 0 Å². The lowest BCUT2D eigenvalue weighted by Gasteiger charge is -2.38. The Balaban J connectivity index is 1.65. The van der Waals surface area contributed by atoms with Gasteiger partial charge in [0, 0.05) is 26.4 Å². The molecule has 0 unspecified atom stereocenters. The Morgan fingerprint density at radius 1 is 1.15 bits per heavy atom. The van der Waals surface area contributed by atoms with E-state index >= 15 is 0 Å². The van der Waals surface area contributed by atoms with E-state index in [2.05, 4.69) is 14.9 Å². The topological polar surface area (TPSA) is 90.1 Å². The van der Waals surface area contributed by atoms with E-state index in [1.165, 1.54) is 14.2 Å². The second kappa shape index (κ2) is 8.03. The fraction of sp³-hybridized carbons (Fsp3) is 0.556. The van der Waals surface area contributed by atoms with Gasteiger partial charge < -0.3 is 23.7 Å². The number of hydrogen-bond donors (Lipinski definition) is 1. The fourth-order valence-corrected chi connectivity index (χ4v) is 3.22. The van der Waals surface area contributed by atoms with Crippen LogP contribution < -0.4 is 9.47 Å². The van der Waals surface area contributed by atoms with Gasteiger partial charge in [0.2, 0.25) is 5.88 Å². The summed E-state index contributed by atoms with van der Waals surface area (Å²) in [5.41, 5.74) is -0.417. The number of piperidine rings is 1. The minimum absolute atomic E-state index is 0.219. The summed E-state index contributed by atoms with van der Waals surface area (Å²) in [6.45, 7) is 2.63. The van der Waals surface area contributed by atoms with Crippen molar-refractivity contribution in [2.24, 2.45) is 0 Å². The van der Waals surface area contributed by atoms with Gasteiger partial charge in [-0.15, -0.1) is 0 Å². The van der Waals surface area contributed by atoms with Crippen molar-refractivity contribution in [2.45, 2.75) is 31.6 Å². The standard InChI is InChI=1S/C18H25N3O5/c1-23-12-14-5-4-13(26-14)11-21-8-6-18(22,7-9-21)15-10-19-17(25-3)20-16(15)24-2/h4-5,10,22H,6-9,11-12H2,1-3H3. The maximum Gasteiger partial charge on any atom is 0.319 e. The maximum atomic E-state index is 11.1. The van der Waals surface area contributed by atoms with Gasteiger partial charge in [-0.1, -0.05) is 0 Å². The zero-order valence-electron chi connectivity index (χ0n) is 15.4. The van der Waals surface area contributed by atoms with E-state index in [1.54, 1.807) is 13.3 Å². The number of aliphatic hydroxyl groups is 1. The molecule has 1 aliphatic heterocycles. The normalized spacial score (nSPS) is 17.2. The van der Waals surface area contributed by atoms with Gasteiger partial charge in [-0.2, -0.15) is 4.98 Å². The van der Waals surface area contributed by atoms with Crippen LogP contribution in [0.1, 0.15) is 29.9 Å². The Kier molecular flexibility index (Phi) is 5.75. The van der Waals surface area contributed by atoms with Crippen LogP contribution in [0.2, 0.25) is 0 Å². The van der Waals surface area contributed by atoms with Gasteiger partial charge >= 0.3 is 6.01 Å². The molecular weight excluding hydrogens is 338 g/mol. The molecule has 1 aliphatic rings. The summed E-state index contributed by atoms with van der Waals surface area (Å²) in [6, 6.07) is 4.12. The van der Waals surface area contributed by atoms with Crippen LogP contribution in [-0.4, -0.2) is 54.4 Å². The van der Waals surface area contributed by atoms with Crippen LogP contribution >= 0.6 is 0 Å². The van der Waals surface area contributed by atoms with Crippen molar-refractivity contribution in [3.63, 3.8) is 0 Å². The van der Waals surface area contributed by atoms with Gasteiger partial charge in [0.05, 0.1) is 31.9 Å². The molecular formula is C18H25N3O5. The van der Waals surface area contributed by atoms with E-state index in [-0.39, 0.29) is 6.01 Å². The highest BCUT2D eigenvalue weighted by Crippen LogP contribution is 2.37. The Labute approximate surface area is 152 Å². The van der Waals surface area contributed by atoms with Crippen LogP contribution in [-0.2, 0) is 23.5 Å². The van der Waals surface area contributed by atoms with Gasteiger partial charge in [0.25, 0.3) is 0 Å². The predicted octanol–water partition coefficient (Wildman–Crippen LogP) is 1.72. The summed E-state index contributed by atoms with van der Waals surface area (Å²) in [7, 11) is 4.66. The number of nitrogens with zero attached hydrogens (tertiary/aromatic N) is 3. The molecule has 1 saturated heterocycles. The first-order chi connectivity index (χ1) is 12.6. The average Bonchev–Trinajstić information content (AvgIpc) is 3.10. The first-order valence-corrected chi connectivity index (χ1v) is 8.54. The van der Waals surface area contributed by atoms with Crippen LogP contribution in [0.3, 0.4) is 0 Å². The summed E-state index contributed by atoms with van der Waals surface area (Å²) >= 11 is 0. The SMILES string of the molecule is COCc1ccc(CN2CCC(O)(c3cnc(OC)nc3OC)CC2)o1. The molecule has 0 aliphatic carbocycles. The van der Waals surface area contributed by atoms with E-state index < -0.39 is 5.60 Å². The third kappa shape index (κ3) is 3.98. The summed E-state index contributed by atoms with van der Waals surface area (Å²) in [5, 5.41) is 11.1. The zero-order chi connectivity index (χ0) is 18.6. The van der Waals surface area contributed by atoms with Crippen molar-refractivity contribution in [1.82, 2.24) is 14.9 Å². The molecule has 3 heterocycles. The Hall–Kier alpha value is -2.16. The Bertz CT molecular complexity index is 725. The van der Waals surface area contributed by atoms with Crippen LogP contribution in [0.4, 0.5) is 0 Å². The molecule has 2 aromatic heterocycles. The third-order valence-electron chi connectivity index (χ3n) is 4.68. The van der Waals surface area contributed by atoms with Crippen molar-refractivity contribution in [3.05, 3.63) is 35.4 Å². The smallest absolute Gasteiger partial charge is 0.319 e. The van der Waals surface area contributed by atoms with Gasteiger partial charge in [-0.3, -0.25) is 4.90 Å². The maximum absolute atomic E-state index is 11.1. The summed E-state index contributed by atoms with van der Waals surface area (Å²) in [5.74, 6) is 2.06. The molecule has 1 N–H and O–H groups in total. The molecule has 0 saturated carbocycles. The molecule has 8 nitrogen and oxygen atoms in total. The number of hydrogen-bond acceptors (Lipinski definition) is 8. The predicted molar refractivity (Wildman–Crippen MR) is 93.0 cm³/mol. The van der Waals surface area contributed by atoms with Crippen molar-refractivity contribution in [1.29, 1.82) is 0 Å². The quantitative estimate of drug-likeness (QED) is 0.795. The molecule has 0 aromatic carbocycles. The second-order valence-corrected chi connectivity index (χ2v) is 6.39. The molecule has 142 valence electrons. The molecule has 0 bridgehead atoms. The molecule has 0 atom stereocenters. The number of ether oxygens (including phenoxy) is 3. The summed E-state index contributed by atoms with van der Waals surface area (Å²) < 4.78 is 21.2. The average molecular weight is 363 g/mol. The first kappa shape index (κ1) is 18.6. The van der Waals surface area contributed by atoms with Crippen molar-refractivity contribution in [3.8, 4) is 11.9 Å². The molecule has 26 heavy (non-hydrogen) atoms. The molecule has 1 fully saturated rings. The van der Waals surface area contributed by atoms with Crippen LogP contribution in [0.25, 0.3) is 0 Å². The van der Waals surface area contributed by atoms with Gasteiger partial charge in [0.1, 0.15) is 18.1 Å². The van der Waals surface area contributed by atoms with E-state index in [9.17, 15) is 5.11 Å². The highest BCUT2D eigenvalue weighted by Gasteiger charge is 2.37. The number of rotatable bonds is 7. The highest BCUT2D eigenvalue weighted by atomic mass is 16.5. The highest BCUT2D eigenvalue weighted by molar-refractivity contribution is 5.32. The summed E-state index contributed by atoms with van der Waals surface area (Å²) in [6.07, 6.45) is 2.71. The third-order valence-corrected chi connectivity index (χ3v) is 4.68. The molecule has 0 spiro atoms. The number of methoxy groups -OCH3 is 3. The van der Waals surface area contributed by atoms with Gasteiger partial charge in [0.15, 0.2) is 0 Å². The fourth-order valence-electron chi connectivity index (χ4n) is 3.22. The molecule has 3 rings (SSSR count). The minimum atomic E-state index is -1.02. The van der Waals surface area contributed by atoms with E-state index in [0.717, 1.165) is 24.6 Å². The van der Waals surface area contributed by atoms with E-state index in [4.69, 9.17) is 18.6 Å². The number of likely N-dealkylation sites (tertiary alicyclic amines) is 1. The molecule has 2 aromatic rings. The van der Waals surface area contributed by atoms with Gasteiger partial charge in [-0.05, 0) is 25.0 Å². The number of aromatic nitrogens is 2. The lowest BCUT2D eigenvalue weighted by Crippen LogP contribution is -2.42. The second-order valence-electron chi connectivity index (χ2n) is 6.39. The number of furan rings is 1. The zero-order valence-corrected chi connectivity index (χ0v) is 15.4. The first-order valence-electron chi connectivity index (χ1n) is 8.54. The summed E-state index contributed by atoms with van der Waals surface area (Å²) in [4.78, 5) is 10.6. The molecule has 8 heteroatoms. The molecule has 0 amide bonds. The van der Waals surface area contributed by atoms with Crippen LogP contribution in [0.5, 0.6) is 11.9 Å². The van der Waals surface area contributed by atoms with Crippen molar-refractivity contribution < 1.29 is 23.7 Å². The van der Waals surface area contributed by atoms with E-state index in [1.807, 2.05) is 12.1 Å². The Morgan fingerprint density at radius 2 is 1.88 bits per heavy atom. The van der Waals surface area contributed by atoms with Crippen molar-refractivity contribution >= 4 is 0 Å². The monoisotopic (exact) mass is 363 g/mol. The van der Waals surface area contributed by atoms with Gasteiger partial charge in [-0.25, -0.2) is 4.98 Å². The van der Waals surface area contributed by atoms with Crippen molar-refractivity contribution in [2.75, 3.05) is 34.4 Å². The lowest BCUT2D eigenvalue weighted by molar-refractivity contribution is -0.0313. The van der Waals surface area contributed by atoms with Crippen LogP contribution in [0.15, 0.2) is 22.7 Å².